The molecular weight excluding hydrogens is 405 g/mol. The first-order chi connectivity index (χ1) is 13.8. The van der Waals surface area contributed by atoms with Gasteiger partial charge in [-0.25, -0.2) is 0 Å². The summed E-state index contributed by atoms with van der Waals surface area (Å²) < 4.78 is 39.0. The lowest BCUT2D eigenvalue weighted by atomic mass is 9.80. The topological polar surface area (TPSA) is 15.3 Å². The molecule has 0 amide bonds. The Balaban J connectivity index is 1.72. The molecule has 1 aliphatic heterocycles. The Hall–Kier alpha value is -1.82. The van der Waals surface area contributed by atoms with Crippen LogP contribution in [0.3, 0.4) is 0 Å². The van der Waals surface area contributed by atoms with Gasteiger partial charge < -0.3 is 10.2 Å². The van der Waals surface area contributed by atoms with Crippen molar-refractivity contribution in [2.24, 2.45) is 17.3 Å². The average molecular weight is 437 g/mol. The van der Waals surface area contributed by atoms with Gasteiger partial charge in [0, 0.05) is 36.8 Å². The van der Waals surface area contributed by atoms with Crippen molar-refractivity contribution in [3.8, 4) is 0 Å². The summed E-state index contributed by atoms with van der Waals surface area (Å²) in [4.78, 5) is 3.12. The third-order valence-corrected chi connectivity index (χ3v) is 6.04. The number of nitrogens with one attached hydrogen (secondary N) is 1. The van der Waals surface area contributed by atoms with E-state index in [-0.39, 0.29) is 17.3 Å². The molecule has 164 valence electrons. The largest absolute Gasteiger partial charge is 0.416 e. The first-order valence-electron chi connectivity index (χ1n) is 10.5. The van der Waals surface area contributed by atoms with E-state index < -0.39 is 11.7 Å². The Morgan fingerprint density at radius 3 is 2.33 bits per heavy atom. The SMILES string of the molecule is Cc1cc(N2CCC3C=C(C(F)(F)F)C=CC3C2)cc(C)c1NC(=S)CC(C)(C)C. The summed E-state index contributed by atoms with van der Waals surface area (Å²) in [6, 6.07) is 4.30. The van der Waals surface area contributed by atoms with E-state index in [9.17, 15) is 13.2 Å². The number of anilines is 2. The molecule has 2 aliphatic rings. The smallest absolute Gasteiger partial charge is 0.371 e. The van der Waals surface area contributed by atoms with Gasteiger partial charge in [0.05, 0.1) is 10.6 Å². The molecule has 0 bridgehead atoms. The number of allylic oxidation sites excluding steroid dienone is 3. The third kappa shape index (κ3) is 5.45. The molecule has 1 aromatic rings. The molecule has 2 atom stereocenters. The van der Waals surface area contributed by atoms with Crippen LogP contribution in [0.2, 0.25) is 0 Å². The maximum Gasteiger partial charge on any atom is 0.416 e. The molecule has 2 nitrogen and oxygen atoms in total. The van der Waals surface area contributed by atoms with Gasteiger partial charge in [-0.05, 0) is 54.9 Å². The van der Waals surface area contributed by atoms with Crippen LogP contribution in [0.25, 0.3) is 0 Å². The Morgan fingerprint density at radius 1 is 1.13 bits per heavy atom. The van der Waals surface area contributed by atoms with Gasteiger partial charge >= 0.3 is 6.18 Å². The quantitative estimate of drug-likeness (QED) is 0.515. The highest BCUT2D eigenvalue weighted by atomic mass is 32.1. The van der Waals surface area contributed by atoms with E-state index in [0.29, 0.717) is 0 Å². The number of nitrogens with zero attached hydrogens (tertiary/aromatic N) is 1. The predicted molar refractivity (Wildman–Crippen MR) is 123 cm³/mol. The molecule has 2 unspecified atom stereocenters. The summed E-state index contributed by atoms with van der Waals surface area (Å²) in [5.74, 6) is 0.0726. The van der Waals surface area contributed by atoms with E-state index in [1.165, 1.54) is 12.2 Å². The second kappa shape index (κ2) is 8.37. The number of rotatable bonds is 3. The van der Waals surface area contributed by atoms with E-state index in [0.717, 1.165) is 53.4 Å². The summed E-state index contributed by atoms with van der Waals surface area (Å²) in [7, 11) is 0. The van der Waals surface area contributed by atoms with Gasteiger partial charge in [-0.15, -0.1) is 0 Å². The minimum absolute atomic E-state index is 0.0409. The highest BCUT2D eigenvalue weighted by Gasteiger charge is 2.37. The monoisotopic (exact) mass is 436 g/mol. The van der Waals surface area contributed by atoms with Crippen molar-refractivity contribution < 1.29 is 13.2 Å². The fraction of sp³-hybridized carbons (Fsp3) is 0.542. The van der Waals surface area contributed by atoms with Crippen LogP contribution >= 0.6 is 12.2 Å². The summed E-state index contributed by atoms with van der Waals surface area (Å²) in [5.41, 5.74) is 4.05. The molecular formula is C24H31F3N2S. The molecule has 1 N–H and O–H groups in total. The van der Waals surface area contributed by atoms with Crippen molar-refractivity contribution in [1.29, 1.82) is 0 Å². The van der Waals surface area contributed by atoms with Crippen molar-refractivity contribution in [3.05, 3.63) is 47.1 Å². The molecule has 1 saturated heterocycles. The highest BCUT2D eigenvalue weighted by Crippen LogP contribution is 2.38. The van der Waals surface area contributed by atoms with Crippen molar-refractivity contribution in [2.75, 3.05) is 23.3 Å². The molecule has 0 radical (unpaired) electrons. The molecule has 0 saturated carbocycles. The van der Waals surface area contributed by atoms with Gasteiger partial charge in [-0.2, -0.15) is 13.2 Å². The number of hydrogen-bond acceptors (Lipinski definition) is 2. The van der Waals surface area contributed by atoms with Crippen LogP contribution in [0.4, 0.5) is 24.5 Å². The van der Waals surface area contributed by atoms with Gasteiger partial charge in [-0.1, -0.05) is 51.2 Å². The summed E-state index contributed by atoms with van der Waals surface area (Å²) in [5, 5.41) is 3.42. The standard InChI is InChI=1S/C24H31F3N2S/c1-15-10-20(11-16(2)22(15)28-21(30)13-23(3,4)5)29-9-8-17-12-19(24(25,26)27)7-6-18(17)14-29/h6-7,10-12,17-18H,8-9,13-14H2,1-5H3,(H,28,30). The third-order valence-electron chi connectivity index (χ3n) is 5.80. The van der Waals surface area contributed by atoms with Crippen LogP contribution in [0.15, 0.2) is 35.9 Å². The molecule has 1 heterocycles. The minimum atomic E-state index is -4.26. The summed E-state index contributed by atoms with van der Waals surface area (Å²) in [6.07, 6.45) is 1.68. The lowest BCUT2D eigenvalue weighted by Gasteiger charge is -2.39. The maximum atomic E-state index is 13.0. The van der Waals surface area contributed by atoms with E-state index in [4.69, 9.17) is 12.2 Å². The number of benzene rings is 1. The number of hydrogen-bond donors (Lipinski definition) is 1. The molecule has 3 rings (SSSR count). The average Bonchev–Trinajstić information content (AvgIpc) is 2.61. The van der Waals surface area contributed by atoms with Gasteiger partial charge in [-0.3, -0.25) is 0 Å². The van der Waals surface area contributed by atoms with Crippen LogP contribution in [0.5, 0.6) is 0 Å². The molecule has 30 heavy (non-hydrogen) atoms. The van der Waals surface area contributed by atoms with Crippen LogP contribution in [-0.2, 0) is 0 Å². The van der Waals surface area contributed by atoms with E-state index >= 15 is 0 Å². The maximum absolute atomic E-state index is 13.0. The van der Waals surface area contributed by atoms with Gasteiger partial charge in [0.15, 0.2) is 0 Å². The van der Waals surface area contributed by atoms with Gasteiger partial charge in [0.2, 0.25) is 0 Å². The lowest BCUT2D eigenvalue weighted by molar-refractivity contribution is -0.0891. The Bertz CT molecular complexity index is 854. The van der Waals surface area contributed by atoms with E-state index in [1.54, 1.807) is 6.08 Å². The number of thiocarbonyl (C=S) groups is 1. The number of halogens is 3. The van der Waals surface area contributed by atoms with Crippen molar-refractivity contribution in [3.63, 3.8) is 0 Å². The highest BCUT2D eigenvalue weighted by molar-refractivity contribution is 7.80. The number of piperidine rings is 1. The van der Waals surface area contributed by atoms with Gasteiger partial charge in [0.25, 0.3) is 0 Å². The van der Waals surface area contributed by atoms with Crippen molar-refractivity contribution >= 4 is 28.6 Å². The summed E-state index contributed by atoms with van der Waals surface area (Å²) in [6.45, 7) is 12.1. The molecule has 6 heteroatoms. The van der Waals surface area contributed by atoms with Crippen molar-refractivity contribution in [2.45, 2.75) is 53.6 Å². The number of aryl methyl sites for hydroxylation is 2. The number of alkyl halides is 3. The molecule has 0 aromatic heterocycles. The van der Waals surface area contributed by atoms with Crippen molar-refractivity contribution in [1.82, 2.24) is 0 Å². The van der Waals surface area contributed by atoms with E-state index in [2.05, 4.69) is 57.0 Å². The van der Waals surface area contributed by atoms with Crippen LogP contribution < -0.4 is 10.2 Å². The normalized spacial score (nSPS) is 21.9. The first kappa shape index (κ1) is 22.9. The molecule has 0 spiro atoms. The zero-order valence-electron chi connectivity index (χ0n) is 18.4. The van der Waals surface area contributed by atoms with Gasteiger partial charge in [0.1, 0.15) is 0 Å². The Labute approximate surface area is 183 Å². The zero-order chi connectivity index (χ0) is 22.3. The van der Waals surface area contributed by atoms with Crippen LogP contribution in [0.1, 0.15) is 44.7 Å². The Morgan fingerprint density at radius 2 is 1.77 bits per heavy atom. The second-order valence-electron chi connectivity index (χ2n) is 9.78. The fourth-order valence-corrected chi connectivity index (χ4v) is 4.87. The summed E-state index contributed by atoms with van der Waals surface area (Å²) >= 11 is 5.55. The molecule has 1 aromatic carbocycles. The predicted octanol–water partition coefficient (Wildman–Crippen LogP) is 6.98. The van der Waals surface area contributed by atoms with E-state index in [1.807, 2.05) is 0 Å². The number of fused-ring (bicyclic) bond motifs is 1. The second-order valence-corrected chi connectivity index (χ2v) is 10.3. The van der Waals surface area contributed by atoms with Crippen LogP contribution in [-0.4, -0.2) is 24.3 Å². The Kier molecular flexibility index (Phi) is 6.38. The fourth-order valence-electron chi connectivity index (χ4n) is 4.33. The molecule has 1 fully saturated rings. The van der Waals surface area contributed by atoms with Crippen LogP contribution in [0, 0.1) is 31.1 Å². The molecule has 1 aliphatic carbocycles. The minimum Gasteiger partial charge on any atom is -0.371 e. The first-order valence-corrected chi connectivity index (χ1v) is 10.9. The lowest BCUT2D eigenvalue weighted by Crippen LogP contribution is -2.40. The zero-order valence-corrected chi connectivity index (χ0v) is 19.2.